The lowest BCUT2D eigenvalue weighted by Gasteiger charge is -2.17. The second kappa shape index (κ2) is 7.85. The second-order valence-corrected chi connectivity index (χ2v) is 7.31. The summed E-state index contributed by atoms with van der Waals surface area (Å²) < 4.78 is 11.4. The number of nitrogens with zero attached hydrogens (tertiary/aromatic N) is 1. The van der Waals surface area contributed by atoms with Gasteiger partial charge < -0.3 is 14.8 Å². The van der Waals surface area contributed by atoms with Gasteiger partial charge in [-0.1, -0.05) is 39.7 Å². The number of carbonyl (C=O) groups excluding carboxylic acids is 1. The molecule has 3 rings (SSSR count). The summed E-state index contributed by atoms with van der Waals surface area (Å²) in [5.41, 5.74) is 3.94. The maximum absolute atomic E-state index is 12.6. The Morgan fingerprint density at radius 3 is 2.67 bits per heavy atom. The number of aryl methyl sites for hydroxylation is 2. The molecule has 2 aromatic rings. The van der Waals surface area contributed by atoms with E-state index in [2.05, 4.69) is 21.2 Å². The van der Waals surface area contributed by atoms with Gasteiger partial charge in [0.1, 0.15) is 11.6 Å². The van der Waals surface area contributed by atoms with E-state index in [1.807, 2.05) is 45.0 Å². The number of ether oxygens (including phenoxy) is 2. The fourth-order valence-electron chi connectivity index (χ4n) is 2.93. The number of hydrogen-bond acceptors (Lipinski definition) is 4. The highest BCUT2D eigenvalue weighted by atomic mass is 79.9. The molecule has 27 heavy (non-hydrogen) atoms. The standard InChI is InChI=1S/C21H19BrN2O3/c1-12-4-5-13(2)17(6-12)14(3)24-21(25)16(10-23)7-15-8-19-20(9-18(15)22)27-11-26-19/h4-9,14H,11H2,1-3H3,(H,24,25)/b16-7-. The molecule has 1 unspecified atom stereocenters. The summed E-state index contributed by atoms with van der Waals surface area (Å²) in [4.78, 5) is 12.6. The zero-order chi connectivity index (χ0) is 19.6. The van der Waals surface area contributed by atoms with E-state index in [0.29, 0.717) is 17.1 Å². The van der Waals surface area contributed by atoms with Gasteiger partial charge in [0.15, 0.2) is 11.5 Å². The molecule has 1 aliphatic rings. The van der Waals surface area contributed by atoms with Crippen LogP contribution in [0.5, 0.6) is 11.5 Å². The molecule has 1 aliphatic heterocycles. The van der Waals surface area contributed by atoms with Gasteiger partial charge in [-0.25, -0.2) is 0 Å². The summed E-state index contributed by atoms with van der Waals surface area (Å²) in [6.45, 7) is 6.08. The number of rotatable bonds is 4. The molecule has 0 bridgehead atoms. The number of nitrogens with one attached hydrogen (secondary N) is 1. The van der Waals surface area contributed by atoms with Crippen LogP contribution >= 0.6 is 15.9 Å². The monoisotopic (exact) mass is 426 g/mol. The summed E-state index contributed by atoms with van der Waals surface area (Å²) in [6, 6.07) is 11.4. The van der Waals surface area contributed by atoms with Gasteiger partial charge in [-0.3, -0.25) is 4.79 Å². The van der Waals surface area contributed by atoms with E-state index in [1.165, 1.54) is 6.08 Å². The van der Waals surface area contributed by atoms with Crippen LogP contribution < -0.4 is 14.8 Å². The topological polar surface area (TPSA) is 71.4 Å². The van der Waals surface area contributed by atoms with E-state index in [1.54, 1.807) is 12.1 Å². The van der Waals surface area contributed by atoms with Crippen molar-refractivity contribution in [2.75, 3.05) is 6.79 Å². The molecule has 0 spiro atoms. The van der Waals surface area contributed by atoms with Crippen LogP contribution in [0.2, 0.25) is 0 Å². The van der Waals surface area contributed by atoms with Crippen LogP contribution in [0.1, 0.15) is 35.2 Å². The summed E-state index contributed by atoms with van der Waals surface area (Å²) in [5, 5.41) is 12.4. The summed E-state index contributed by atoms with van der Waals surface area (Å²) in [5.74, 6) is 0.798. The fourth-order valence-corrected chi connectivity index (χ4v) is 3.36. The Morgan fingerprint density at radius 2 is 1.96 bits per heavy atom. The van der Waals surface area contributed by atoms with Gasteiger partial charge in [-0.05, 0) is 55.7 Å². The average Bonchev–Trinajstić information content (AvgIpc) is 3.08. The Hall–Kier alpha value is -2.78. The van der Waals surface area contributed by atoms with Crippen molar-refractivity contribution in [3.8, 4) is 17.6 Å². The third-order valence-electron chi connectivity index (χ3n) is 4.41. The number of nitriles is 1. The number of benzene rings is 2. The molecule has 0 aromatic heterocycles. The molecule has 6 heteroatoms. The first kappa shape index (κ1) is 19.0. The van der Waals surface area contributed by atoms with Gasteiger partial charge in [0.25, 0.3) is 5.91 Å². The van der Waals surface area contributed by atoms with Crippen molar-refractivity contribution in [1.29, 1.82) is 5.26 Å². The predicted molar refractivity (Wildman–Crippen MR) is 106 cm³/mol. The average molecular weight is 427 g/mol. The zero-order valence-corrected chi connectivity index (χ0v) is 16.9. The normalized spacial score (nSPS) is 13.8. The molecule has 0 saturated carbocycles. The van der Waals surface area contributed by atoms with Gasteiger partial charge in [0, 0.05) is 4.47 Å². The first-order chi connectivity index (χ1) is 12.9. The van der Waals surface area contributed by atoms with Crippen LogP contribution in [-0.4, -0.2) is 12.7 Å². The highest BCUT2D eigenvalue weighted by Crippen LogP contribution is 2.37. The van der Waals surface area contributed by atoms with Crippen molar-refractivity contribution in [2.45, 2.75) is 26.8 Å². The van der Waals surface area contributed by atoms with Crippen molar-refractivity contribution in [2.24, 2.45) is 0 Å². The van der Waals surface area contributed by atoms with Crippen LogP contribution in [0, 0.1) is 25.2 Å². The van der Waals surface area contributed by atoms with E-state index in [0.717, 1.165) is 21.2 Å². The van der Waals surface area contributed by atoms with Crippen molar-refractivity contribution < 1.29 is 14.3 Å². The minimum Gasteiger partial charge on any atom is -0.454 e. The van der Waals surface area contributed by atoms with Crippen LogP contribution in [0.3, 0.4) is 0 Å². The van der Waals surface area contributed by atoms with Gasteiger partial charge in [0.2, 0.25) is 6.79 Å². The van der Waals surface area contributed by atoms with Crippen LogP contribution in [0.4, 0.5) is 0 Å². The number of carbonyl (C=O) groups is 1. The van der Waals surface area contributed by atoms with Crippen LogP contribution in [-0.2, 0) is 4.79 Å². The Morgan fingerprint density at radius 1 is 1.26 bits per heavy atom. The minimum absolute atomic E-state index is 0.0201. The minimum atomic E-state index is -0.421. The predicted octanol–water partition coefficient (Wildman–Crippen LogP) is 4.58. The van der Waals surface area contributed by atoms with Gasteiger partial charge in [0.05, 0.1) is 6.04 Å². The third-order valence-corrected chi connectivity index (χ3v) is 5.09. The van der Waals surface area contributed by atoms with E-state index in [4.69, 9.17) is 9.47 Å². The van der Waals surface area contributed by atoms with Crippen molar-refractivity contribution in [1.82, 2.24) is 5.32 Å². The molecule has 1 N–H and O–H groups in total. The highest BCUT2D eigenvalue weighted by molar-refractivity contribution is 9.10. The van der Waals surface area contributed by atoms with Crippen LogP contribution in [0.25, 0.3) is 6.08 Å². The smallest absolute Gasteiger partial charge is 0.262 e. The Bertz CT molecular complexity index is 976. The molecule has 1 heterocycles. The van der Waals surface area contributed by atoms with Crippen molar-refractivity contribution in [3.05, 3.63) is 62.6 Å². The van der Waals surface area contributed by atoms with E-state index in [9.17, 15) is 10.1 Å². The van der Waals surface area contributed by atoms with Crippen LogP contribution in [0.15, 0.2) is 40.4 Å². The lowest BCUT2D eigenvalue weighted by Crippen LogP contribution is -2.28. The lowest BCUT2D eigenvalue weighted by atomic mass is 9.99. The maximum Gasteiger partial charge on any atom is 0.262 e. The number of halogens is 1. The molecule has 0 aliphatic carbocycles. The highest BCUT2D eigenvalue weighted by Gasteiger charge is 2.19. The molecule has 0 radical (unpaired) electrons. The molecular weight excluding hydrogens is 408 g/mol. The largest absolute Gasteiger partial charge is 0.454 e. The zero-order valence-electron chi connectivity index (χ0n) is 15.3. The van der Waals surface area contributed by atoms with Crippen molar-refractivity contribution >= 4 is 27.9 Å². The van der Waals surface area contributed by atoms with E-state index in [-0.39, 0.29) is 18.4 Å². The quantitative estimate of drug-likeness (QED) is 0.573. The van der Waals surface area contributed by atoms with Crippen molar-refractivity contribution in [3.63, 3.8) is 0 Å². The molecule has 0 fully saturated rings. The first-order valence-corrected chi connectivity index (χ1v) is 9.27. The molecule has 1 amide bonds. The summed E-state index contributed by atoms with van der Waals surface area (Å²) >= 11 is 3.44. The fraction of sp³-hybridized carbons (Fsp3) is 0.238. The van der Waals surface area contributed by atoms with E-state index < -0.39 is 5.91 Å². The lowest BCUT2D eigenvalue weighted by molar-refractivity contribution is -0.117. The summed E-state index contributed by atoms with van der Waals surface area (Å²) in [6.07, 6.45) is 1.54. The third kappa shape index (κ3) is 4.15. The van der Waals surface area contributed by atoms with Gasteiger partial charge in [-0.2, -0.15) is 5.26 Å². The number of amides is 1. The number of hydrogen-bond donors (Lipinski definition) is 1. The molecule has 1 atom stereocenters. The number of fused-ring (bicyclic) bond motifs is 1. The SMILES string of the molecule is Cc1ccc(C)c(C(C)NC(=O)/C(C#N)=C\c2cc3c(cc2Br)OCO3)c1. The van der Waals surface area contributed by atoms with Gasteiger partial charge in [-0.15, -0.1) is 0 Å². The second-order valence-electron chi connectivity index (χ2n) is 6.45. The molecule has 0 saturated heterocycles. The molecule has 5 nitrogen and oxygen atoms in total. The Labute approximate surface area is 166 Å². The molecular formula is C21H19BrN2O3. The van der Waals surface area contributed by atoms with Gasteiger partial charge >= 0.3 is 0 Å². The van der Waals surface area contributed by atoms with E-state index >= 15 is 0 Å². The molecule has 2 aromatic carbocycles. The first-order valence-electron chi connectivity index (χ1n) is 8.48. The Balaban J connectivity index is 1.83. The Kier molecular flexibility index (Phi) is 5.52. The summed E-state index contributed by atoms with van der Waals surface area (Å²) in [7, 11) is 0. The molecule has 138 valence electrons. The maximum atomic E-state index is 12.6.